The molecular weight excluding hydrogens is 256 g/mol. The summed E-state index contributed by atoms with van der Waals surface area (Å²) in [5.41, 5.74) is 0.963. The van der Waals surface area contributed by atoms with E-state index < -0.39 is 12.0 Å². The molecule has 104 valence electrons. The Bertz CT molecular complexity index is 515. The second-order valence-electron chi connectivity index (χ2n) is 5.18. The summed E-state index contributed by atoms with van der Waals surface area (Å²) in [6.45, 7) is 0.778. The third-order valence-electron chi connectivity index (χ3n) is 3.80. The van der Waals surface area contributed by atoms with Crippen molar-refractivity contribution >= 4 is 6.41 Å². The van der Waals surface area contributed by atoms with Gasteiger partial charge in [-0.25, -0.2) is 0 Å². The number of nitrogens with zero attached hydrogens (tertiary/aromatic N) is 3. The predicted octanol–water partition coefficient (Wildman–Crippen LogP) is 0.644. The van der Waals surface area contributed by atoms with Crippen LogP contribution >= 0.6 is 0 Å². The van der Waals surface area contributed by atoms with Gasteiger partial charge < -0.3 is 10.0 Å². The van der Waals surface area contributed by atoms with E-state index >= 15 is 0 Å². The molecule has 1 aromatic heterocycles. The van der Waals surface area contributed by atoms with Gasteiger partial charge in [-0.15, -0.1) is 0 Å². The summed E-state index contributed by atoms with van der Waals surface area (Å²) in [5, 5.41) is 13.9. The SMILES string of the molecule is O=CN1CCc2nn3c(c2C1)C(F)(F)CCC(O)C3. The summed E-state index contributed by atoms with van der Waals surface area (Å²) in [6, 6.07) is 0. The molecule has 3 rings (SSSR count). The van der Waals surface area contributed by atoms with E-state index in [0.717, 1.165) is 0 Å². The molecule has 0 fully saturated rings. The third-order valence-corrected chi connectivity index (χ3v) is 3.80. The zero-order valence-electron chi connectivity index (χ0n) is 10.4. The molecule has 7 heteroatoms. The van der Waals surface area contributed by atoms with Gasteiger partial charge in [0, 0.05) is 31.5 Å². The zero-order chi connectivity index (χ0) is 13.6. The van der Waals surface area contributed by atoms with Crippen LogP contribution in [0.2, 0.25) is 0 Å². The van der Waals surface area contributed by atoms with Crippen LogP contribution in [0.25, 0.3) is 0 Å². The predicted molar refractivity (Wildman–Crippen MR) is 61.5 cm³/mol. The Hall–Kier alpha value is -1.50. The van der Waals surface area contributed by atoms with Crippen LogP contribution in [0.4, 0.5) is 8.78 Å². The number of alkyl halides is 2. The molecule has 0 aromatic carbocycles. The lowest BCUT2D eigenvalue weighted by molar-refractivity contribution is -0.119. The van der Waals surface area contributed by atoms with Crippen molar-refractivity contribution in [3.8, 4) is 0 Å². The first-order chi connectivity index (χ1) is 9.01. The summed E-state index contributed by atoms with van der Waals surface area (Å²) in [5.74, 6) is -3.00. The molecule has 0 spiro atoms. The van der Waals surface area contributed by atoms with E-state index in [4.69, 9.17) is 0 Å². The number of hydrogen-bond donors (Lipinski definition) is 1. The second kappa shape index (κ2) is 4.26. The number of amides is 1. The Kier molecular flexibility index (Phi) is 2.81. The van der Waals surface area contributed by atoms with Crippen molar-refractivity contribution in [2.24, 2.45) is 0 Å². The molecule has 1 aromatic rings. The average molecular weight is 271 g/mol. The van der Waals surface area contributed by atoms with Crippen molar-refractivity contribution in [2.45, 2.75) is 44.4 Å². The Morgan fingerprint density at radius 3 is 3.00 bits per heavy atom. The Morgan fingerprint density at radius 1 is 1.47 bits per heavy atom. The molecule has 1 unspecified atom stereocenters. The van der Waals surface area contributed by atoms with E-state index in [1.165, 1.54) is 9.58 Å². The normalized spacial score (nSPS) is 25.4. The van der Waals surface area contributed by atoms with Crippen molar-refractivity contribution in [2.75, 3.05) is 6.54 Å². The number of carbonyl (C=O) groups is 1. The van der Waals surface area contributed by atoms with Gasteiger partial charge in [-0.2, -0.15) is 13.9 Å². The third kappa shape index (κ3) is 2.01. The fourth-order valence-electron chi connectivity index (χ4n) is 2.84. The van der Waals surface area contributed by atoms with Crippen LogP contribution in [0.1, 0.15) is 29.8 Å². The van der Waals surface area contributed by atoms with Gasteiger partial charge in [0.25, 0.3) is 5.92 Å². The molecule has 1 atom stereocenters. The topological polar surface area (TPSA) is 58.4 Å². The lowest BCUT2D eigenvalue weighted by Crippen LogP contribution is -2.30. The molecule has 1 N–H and O–H groups in total. The smallest absolute Gasteiger partial charge is 0.289 e. The van der Waals surface area contributed by atoms with Gasteiger partial charge in [0.05, 0.1) is 18.3 Å². The van der Waals surface area contributed by atoms with E-state index in [2.05, 4.69) is 5.10 Å². The van der Waals surface area contributed by atoms with Crippen molar-refractivity contribution < 1.29 is 18.7 Å². The fraction of sp³-hybridized carbons (Fsp3) is 0.667. The number of hydrogen-bond acceptors (Lipinski definition) is 3. The van der Waals surface area contributed by atoms with Crippen LogP contribution in [0.3, 0.4) is 0 Å². The number of aromatic nitrogens is 2. The lowest BCUT2D eigenvalue weighted by Gasteiger charge is -2.24. The number of fused-ring (bicyclic) bond motifs is 3. The van der Waals surface area contributed by atoms with E-state index in [9.17, 15) is 18.7 Å². The molecule has 0 saturated heterocycles. The van der Waals surface area contributed by atoms with Crippen molar-refractivity contribution in [1.29, 1.82) is 0 Å². The van der Waals surface area contributed by atoms with E-state index in [1.807, 2.05) is 0 Å². The van der Waals surface area contributed by atoms with E-state index in [0.29, 0.717) is 30.6 Å². The minimum Gasteiger partial charge on any atom is -0.391 e. The van der Waals surface area contributed by atoms with Crippen molar-refractivity contribution in [1.82, 2.24) is 14.7 Å². The van der Waals surface area contributed by atoms with Crippen molar-refractivity contribution in [3.63, 3.8) is 0 Å². The van der Waals surface area contributed by atoms with Crippen LogP contribution in [0.15, 0.2) is 0 Å². The lowest BCUT2D eigenvalue weighted by atomic mass is 10.00. The van der Waals surface area contributed by atoms with E-state index in [-0.39, 0.29) is 31.6 Å². The monoisotopic (exact) mass is 271 g/mol. The molecule has 2 aliphatic heterocycles. The minimum atomic E-state index is -3.00. The van der Waals surface area contributed by atoms with E-state index in [1.54, 1.807) is 0 Å². The first-order valence-corrected chi connectivity index (χ1v) is 6.35. The molecule has 3 heterocycles. The highest BCUT2D eigenvalue weighted by atomic mass is 19.3. The summed E-state index contributed by atoms with van der Waals surface area (Å²) < 4.78 is 29.6. The maximum atomic E-state index is 14.2. The first-order valence-electron chi connectivity index (χ1n) is 6.35. The Morgan fingerprint density at radius 2 is 2.26 bits per heavy atom. The summed E-state index contributed by atoms with van der Waals surface area (Å²) >= 11 is 0. The molecule has 0 aliphatic carbocycles. The maximum absolute atomic E-state index is 14.2. The standard InChI is InChI=1S/C12H15F2N3O2/c13-12(14)3-1-8(19)5-17-11(12)9-6-16(7-18)4-2-10(9)15-17/h7-8,19H,1-6H2. The Balaban J connectivity index is 2.09. The largest absolute Gasteiger partial charge is 0.391 e. The van der Waals surface area contributed by atoms with Crippen LogP contribution in [0, 0.1) is 0 Å². The van der Waals surface area contributed by atoms with Gasteiger partial charge in [0.1, 0.15) is 5.69 Å². The average Bonchev–Trinajstić information content (AvgIpc) is 2.68. The molecule has 0 radical (unpaired) electrons. The molecule has 2 aliphatic rings. The number of halogens is 2. The second-order valence-corrected chi connectivity index (χ2v) is 5.18. The number of aliphatic hydroxyl groups is 1. The van der Waals surface area contributed by atoms with Gasteiger partial charge in [-0.1, -0.05) is 0 Å². The van der Waals surface area contributed by atoms with Gasteiger partial charge in [0.2, 0.25) is 6.41 Å². The van der Waals surface area contributed by atoms with Crippen LogP contribution in [0.5, 0.6) is 0 Å². The van der Waals surface area contributed by atoms with Gasteiger partial charge in [-0.05, 0) is 6.42 Å². The Labute approximate surface area is 108 Å². The highest BCUT2D eigenvalue weighted by molar-refractivity contribution is 5.49. The van der Waals surface area contributed by atoms with Crippen LogP contribution in [-0.4, -0.2) is 38.8 Å². The quantitative estimate of drug-likeness (QED) is 0.763. The molecule has 1 amide bonds. The molecular formula is C12H15F2N3O2. The molecule has 5 nitrogen and oxygen atoms in total. The minimum absolute atomic E-state index is 0.0581. The zero-order valence-corrected chi connectivity index (χ0v) is 10.4. The number of rotatable bonds is 1. The van der Waals surface area contributed by atoms with Gasteiger partial charge in [0.15, 0.2) is 0 Å². The van der Waals surface area contributed by atoms with Gasteiger partial charge in [-0.3, -0.25) is 9.48 Å². The fourth-order valence-corrected chi connectivity index (χ4v) is 2.84. The molecule has 0 saturated carbocycles. The maximum Gasteiger partial charge on any atom is 0.289 e. The van der Waals surface area contributed by atoms with Crippen LogP contribution < -0.4 is 0 Å². The summed E-state index contributed by atoms with van der Waals surface area (Å²) in [4.78, 5) is 12.3. The number of carbonyl (C=O) groups excluding carboxylic acids is 1. The van der Waals surface area contributed by atoms with Crippen LogP contribution in [-0.2, 0) is 30.2 Å². The van der Waals surface area contributed by atoms with Gasteiger partial charge >= 0.3 is 0 Å². The first kappa shape index (κ1) is 12.5. The molecule has 0 bridgehead atoms. The summed E-state index contributed by atoms with van der Waals surface area (Å²) in [6.07, 6.45) is 0.0444. The highest BCUT2D eigenvalue weighted by Crippen LogP contribution is 2.40. The highest BCUT2D eigenvalue weighted by Gasteiger charge is 2.43. The molecule has 19 heavy (non-hydrogen) atoms. The summed E-state index contributed by atoms with van der Waals surface area (Å²) in [7, 11) is 0. The number of aliphatic hydroxyl groups excluding tert-OH is 1. The van der Waals surface area contributed by atoms with Crippen molar-refractivity contribution in [3.05, 3.63) is 17.0 Å².